The largest absolute Gasteiger partial charge is 0.320 e. The molecule has 0 atom stereocenters. The first-order valence-corrected chi connectivity index (χ1v) is 7.76. The Bertz CT molecular complexity index is 390. The van der Waals surface area contributed by atoms with Gasteiger partial charge >= 0.3 is 0 Å². The summed E-state index contributed by atoms with van der Waals surface area (Å²) in [5.41, 5.74) is 1.40. The summed E-state index contributed by atoms with van der Waals surface area (Å²) in [6, 6.07) is 1.15. The topological polar surface area (TPSA) is 21.1 Å². The summed E-state index contributed by atoms with van der Waals surface area (Å²) in [5, 5.41) is 0. The highest BCUT2D eigenvalue weighted by Crippen LogP contribution is 2.32. The normalized spacial score (nSPS) is 19.1. The summed E-state index contributed by atoms with van der Waals surface area (Å²) < 4.78 is 3.30. The van der Waals surface area contributed by atoms with Gasteiger partial charge in [0.1, 0.15) is 0 Å². The number of piperidine rings is 1. The van der Waals surface area contributed by atoms with E-state index in [-0.39, 0.29) is 0 Å². The molecule has 0 bridgehead atoms. The standard InChI is InChI=1S/C14H24BrN3/c1-10(2)17-7-5-12(6-8-17)13-9-16-14(15)18(13)11(3)4/h9-12H,5-8H2,1-4H3. The average Bonchev–Trinajstić information content (AvgIpc) is 2.71. The predicted molar refractivity (Wildman–Crippen MR) is 79.0 cm³/mol. The fourth-order valence-corrected chi connectivity index (χ4v) is 3.59. The van der Waals surface area contributed by atoms with E-state index in [4.69, 9.17) is 0 Å². The first-order chi connectivity index (χ1) is 8.50. The van der Waals surface area contributed by atoms with Gasteiger partial charge in [-0.2, -0.15) is 0 Å². The van der Waals surface area contributed by atoms with E-state index in [1.807, 2.05) is 0 Å². The molecule has 0 aliphatic carbocycles. The van der Waals surface area contributed by atoms with Gasteiger partial charge in [0.05, 0.1) is 0 Å². The Balaban J connectivity index is 2.10. The van der Waals surface area contributed by atoms with Crippen LogP contribution in [0.2, 0.25) is 0 Å². The van der Waals surface area contributed by atoms with Gasteiger partial charge in [-0.3, -0.25) is 0 Å². The maximum absolute atomic E-state index is 4.43. The van der Waals surface area contributed by atoms with Crippen LogP contribution in [0, 0.1) is 0 Å². The minimum Gasteiger partial charge on any atom is -0.320 e. The third-order valence-electron chi connectivity index (χ3n) is 3.97. The minimum absolute atomic E-state index is 0.472. The molecular formula is C14H24BrN3. The lowest BCUT2D eigenvalue weighted by Crippen LogP contribution is -2.38. The zero-order valence-electron chi connectivity index (χ0n) is 11.9. The third kappa shape index (κ3) is 2.80. The molecule has 0 N–H and O–H groups in total. The van der Waals surface area contributed by atoms with Crippen LogP contribution in [-0.2, 0) is 0 Å². The van der Waals surface area contributed by atoms with Crippen LogP contribution < -0.4 is 0 Å². The second-order valence-corrected chi connectivity index (χ2v) is 6.53. The van der Waals surface area contributed by atoms with Crippen LogP contribution in [0.1, 0.15) is 58.2 Å². The fraction of sp³-hybridized carbons (Fsp3) is 0.786. The van der Waals surface area contributed by atoms with E-state index in [0.29, 0.717) is 18.0 Å². The second-order valence-electron chi connectivity index (χ2n) is 5.82. The summed E-state index contributed by atoms with van der Waals surface area (Å²) in [6.07, 6.45) is 4.56. The van der Waals surface area contributed by atoms with Crippen molar-refractivity contribution in [3.05, 3.63) is 16.6 Å². The molecule has 4 heteroatoms. The zero-order valence-corrected chi connectivity index (χ0v) is 13.4. The van der Waals surface area contributed by atoms with E-state index < -0.39 is 0 Å². The fourth-order valence-electron chi connectivity index (χ4n) is 2.88. The lowest BCUT2D eigenvalue weighted by Gasteiger charge is -2.35. The van der Waals surface area contributed by atoms with Gasteiger partial charge in [0.25, 0.3) is 0 Å². The summed E-state index contributed by atoms with van der Waals surface area (Å²) in [4.78, 5) is 7.00. The third-order valence-corrected chi connectivity index (χ3v) is 4.56. The Morgan fingerprint density at radius 2 is 1.78 bits per heavy atom. The molecule has 1 aromatic heterocycles. The number of rotatable bonds is 3. The van der Waals surface area contributed by atoms with Crippen LogP contribution in [0.4, 0.5) is 0 Å². The molecule has 1 fully saturated rings. The van der Waals surface area contributed by atoms with Crippen LogP contribution in [-0.4, -0.2) is 33.6 Å². The molecule has 0 radical (unpaired) electrons. The molecule has 0 amide bonds. The first kappa shape index (κ1) is 14.1. The molecule has 0 saturated carbocycles. The molecule has 1 aromatic rings. The van der Waals surface area contributed by atoms with Crippen molar-refractivity contribution in [2.24, 2.45) is 0 Å². The first-order valence-electron chi connectivity index (χ1n) is 6.97. The lowest BCUT2D eigenvalue weighted by molar-refractivity contribution is 0.169. The van der Waals surface area contributed by atoms with E-state index in [2.05, 4.69) is 64.3 Å². The summed E-state index contributed by atoms with van der Waals surface area (Å²) in [7, 11) is 0. The molecular weight excluding hydrogens is 290 g/mol. The quantitative estimate of drug-likeness (QED) is 0.846. The molecule has 18 heavy (non-hydrogen) atoms. The molecule has 0 spiro atoms. The van der Waals surface area contributed by atoms with Crippen molar-refractivity contribution in [3.8, 4) is 0 Å². The number of aromatic nitrogens is 2. The van der Waals surface area contributed by atoms with Crippen LogP contribution in [0.25, 0.3) is 0 Å². The van der Waals surface area contributed by atoms with Crippen molar-refractivity contribution >= 4 is 15.9 Å². The number of hydrogen-bond acceptors (Lipinski definition) is 2. The molecule has 1 aliphatic heterocycles. The van der Waals surface area contributed by atoms with Crippen molar-refractivity contribution in [2.45, 2.75) is 58.5 Å². The molecule has 102 valence electrons. The van der Waals surface area contributed by atoms with E-state index in [1.165, 1.54) is 31.6 Å². The van der Waals surface area contributed by atoms with Gasteiger partial charge < -0.3 is 9.47 Å². The Labute approximate surface area is 119 Å². The van der Waals surface area contributed by atoms with Gasteiger partial charge in [0.2, 0.25) is 0 Å². The maximum Gasteiger partial charge on any atom is 0.177 e. The number of likely N-dealkylation sites (tertiary alicyclic amines) is 1. The van der Waals surface area contributed by atoms with E-state index in [1.54, 1.807) is 0 Å². The summed E-state index contributed by atoms with van der Waals surface area (Å²) in [6.45, 7) is 11.4. The van der Waals surface area contributed by atoms with Crippen molar-refractivity contribution in [2.75, 3.05) is 13.1 Å². The maximum atomic E-state index is 4.43. The van der Waals surface area contributed by atoms with Gasteiger partial charge in [-0.15, -0.1) is 0 Å². The molecule has 3 nitrogen and oxygen atoms in total. The zero-order chi connectivity index (χ0) is 13.3. The molecule has 1 saturated heterocycles. The minimum atomic E-state index is 0.472. The second kappa shape index (κ2) is 5.74. The SMILES string of the molecule is CC(C)N1CCC(c2cnc(Br)n2C(C)C)CC1. The predicted octanol–water partition coefficient (Wildman–Crippen LogP) is 3.81. The number of halogens is 1. The van der Waals surface area contributed by atoms with Crippen LogP contribution >= 0.6 is 15.9 Å². The Morgan fingerprint density at radius 1 is 1.17 bits per heavy atom. The van der Waals surface area contributed by atoms with Gasteiger partial charge in [0.15, 0.2) is 4.73 Å². The van der Waals surface area contributed by atoms with Crippen molar-refractivity contribution in [1.82, 2.24) is 14.5 Å². The number of hydrogen-bond donors (Lipinski definition) is 0. The molecule has 0 aromatic carbocycles. The van der Waals surface area contributed by atoms with Crippen LogP contribution in [0.5, 0.6) is 0 Å². The molecule has 2 rings (SSSR count). The number of nitrogens with zero attached hydrogens (tertiary/aromatic N) is 3. The highest BCUT2D eigenvalue weighted by Gasteiger charge is 2.25. The van der Waals surface area contributed by atoms with Crippen molar-refractivity contribution in [3.63, 3.8) is 0 Å². The Kier molecular flexibility index (Phi) is 4.49. The highest BCUT2D eigenvalue weighted by molar-refractivity contribution is 9.10. The Hall–Kier alpha value is -0.350. The van der Waals surface area contributed by atoms with Gasteiger partial charge in [-0.25, -0.2) is 4.98 Å². The van der Waals surface area contributed by atoms with E-state index >= 15 is 0 Å². The van der Waals surface area contributed by atoms with E-state index in [9.17, 15) is 0 Å². The lowest BCUT2D eigenvalue weighted by atomic mass is 9.93. The van der Waals surface area contributed by atoms with Crippen molar-refractivity contribution in [1.29, 1.82) is 0 Å². The molecule has 0 unspecified atom stereocenters. The number of imidazole rings is 1. The molecule has 1 aliphatic rings. The average molecular weight is 314 g/mol. The highest BCUT2D eigenvalue weighted by atomic mass is 79.9. The van der Waals surface area contributed by atoms with E-state index in [0.717, 1.165) is 4.73 Å². The summed E-state index contributed by atoms with van der Waals surface area (Å²) in [5.74, 6) is 0.668. The van der Waals surface area contributed by atoms with Crippen LogP contribution in [0.3, 0.4) is 0 Å². The van der Waals surface area contributed by atoms with Crippen molar-refractivity contribution < 1.29 is 0 Å². The summed E-state index contributed by atoms with van der Waals surface area (Å²) >= 11 is 3.56. The smallest absolute Gasteiger partial charge is 0.177 e. The van der Waals surface area contributed by atoms with Crippen LogP contribution in [0.15, 0.2) is 10.9 Å². The monoisotopic (exact) mass is 313 g/mol. The van der Waals surface area contributed by atoms with Gasteiger partial charge in [-0.05, 0) is 69.6 Å². The van der Waals surface area contributed by atoms with Gasteiger partial charge in [-0.1, -0.05) is 0 Å². The van der Waals surface area contributed by atoms with Gasteiger partial charge in [0, 0.05) is 29.9 Å². The molecule has 2 heterocycles. The Morgan fingerprint density at radius 3 is 2.28 bits per heavy atom.